The van der Waals surface area contributed by atoms with Crippen molar-refractivity contribution in [1.29, 1.82) is 0 Å². The van der Waals surface area contributed by atoms with Gasteiger partial charge in [0.25, 0.3) is 0 Å². The maximum atomic E-state index is 12.8. The minimum atomic E-state index is -0.158. The summed E-state index contributed by atoms with van der Waals surface area (Å²) in [7, 11) is 1.85. The van der Waals surface area contributed by atoms with E-state index in [1.165, 1.54) is 0 Å². The van der Waals surface area contributed by atoms with Gasteiger partial charge < -0.3 is 21.1 Å². The summed E-state index contributed by atoms with van der Waals surface area (Å²) in [5.41, 5.74) is 7.93. The minimum absolute atomic E-state index is 0. The number of nitrogens with zero attached hydrogens (tertiary/aromatic N) is 4. The first kappa shape index (κ1) is 29.3. The molecule has 2 heterocycles. The van der Waals surface area contributed by atoms with E-state index in [-0.39, 0.29) is 36.4 Å². The number of anilines is 1. The summed E-state index contributed by atoms with van der Waals surface area (Å²) in [5.74, 6) is 3.02. The molecule has 0 bridgehead atoms. The van der Waals surface area contributed by atoms with Crippen LogP contribution in [0.1, 0.15) is 52.0 Å². The van der Waals surface area contributed by atoms with Crippen molar-refractivity contribution in [2.45, 2.75) is 64.1 Å². The number of hydrogen-bond acceptors (Lipinski definition) is 7. The predicted molar refractivity (Wildman–Crippen MR) is 161 cm³/mol. The number of halogens is 1. The third-order valence-electron chi connectivity index (χ3n) is 7.34. The molecule has 1 aliphatic carbocycles. The molecule has 1 aliphatic rings. The van der Waals surface area contributed by atoms with E-state index in [0.29, 0.717) is 17.6 Å². The van der Waals surface area contributed by atoms with Crippen LogP contribution in [-0.4, -0.2) is 44.8 Å². The third kappa shape index (κ3) is 6.71. The number of benzene rings is 2. The van der Waals surface area contributed by atoms with Gasteiger partial charge in [-0.15, -0.1) is 12.4 Å². The van der Waals surface area contributed by atoms with E-state index in [0.717, 1.165) is 60.2 Å². The number of carbonyl (C=O) groups is 1. The second-order valence-corrected chi connectivity index (χ2v) is 10.7. The topological polar surface area (TPSA) is 120 Å². The summed E-state index contributed by atoms with van der Waals surface area (Å²) in [6.07, 6.45) is 6.17. The molecule has 4 N–H and O–H groups in total. The van der Waals surface area contributed by atoms with E-state index in [4.69, 9.17) is 15.5 Å². The average molecular weight is 564 g/mol. The van der Waals surface area contributed by atoms with Crippen LogP contribution in [0.4, 0.5) is 5.82 Å². The molecule has 4 aromatic rings. The molecule has 1 saturated carbocycles. The van der Waals surface area contributed by atoms with Crippen LogP contribution < -0.4 is 21.1 Å². The molecule has 1 amide bonds. The number of carbonyl (C=O) groups excluding carboxylic acids is 1. The molecule has 2 aromatic carbocycles. The highest BCUT2D eigenvalue weighted by molar-refractivity contribution is 5.87. The maximum absolute atomic E-state index is 12.8. The first-order chi connectivity index (χ1) is 18.9. The van der Waals surface area contributed by atoms with E-state index >= 15 is 0 Å². The molecule has 9 nitrogen and oxygen atoms in total. The first-order valence-electron chi connectivity index (χ1n) is 13.7. The number of hydrogen-bond donors (Lipinski definition) is 3. The minimum Gasteiger partial charge on any atom is -0.457 e. The van der Waals surface area contributed by atoms with Crippen molar-refractivity contribution in [2.24, 2.45) is 5.92 Å². The largest absolute Gasteiger partial charge is 0.457 e. The fraction of sp³-hybridized carbons (Fsp3) is 0.400. The molecule has 0 spiro atoms. The van der Waals surface area contributed by atoms with Gasteiger partial charge in [-0.2, -0.15) is 5.10 Å². The normalized spacial score (nSPS) is 17.8. The predicted octanol–water partition coefficient (Wildman–Crippen LogP) is 5.52. The molecule has 40 heavy (non-hydrogen) atoms. The summed E-state index contributed by atoms with van der Waals surface area (Å²) >= 11 is 0. The van der Waals surface area contributed by atoms with Crippen molar-refractivity contribution in [3.63, 3.8) is 0 Å². The highest BCUT2D eigenvalue weighted by atomic mass is 35.5. The number of rotatable bonds is 9. The van der Waals surface area contributed by atoms with Gasteiger partial charge in [-0.25, -0.2) is 14.6 Å². The molecule has 0 radical (unpaired) electrons. The molecule has 2 aromatic heterocycles. The van der Waals surface area contributed by atoms with Crippen molar-refractivity contribution < 1.29 is 9.53 Å². The number of ether oxygens (including phenoxy) is 1. The summed E-state index contributed by atoms with van der Waals surface area (Å²) in [6, 6.07) is 17.5. The number of aromatic nitrogens is 4. The van der Waals surface area contributed by atoms with Crippen LogP contribution in [-0.2, 0) is 4.79 Å². The first-order valence-corrected chi connectivity index (χ1v) is 13.7. The van der Waals surface area contributed by atoms with Crippen molar-refractivity contribution in [3.05, 3.63) is 60.8 Å². The van der Waals surface area contributed by atoms with Gasteiger partial charge in [-0.3, -0.25) is 4.79 Å². The smallest absolute Gasteiger partial charge is 0.237 e. The number of amides is 1. The Bertz CT molecular complexity index is 1400. The van der Waals surface area contributed by atoms with Crippen LogP contribution >= 0.6 is 12.4 Å². The van der Waals surface area contributed by atoms with E-state index in [9.17, 15) is 4.79 Å². The van der Waals surface area contributed by atoms with Crippen molar-refractivity contribution in [3.8, 4) is 22.9 Å². The van der Waals surface area contributed by atoms with Crippen LogP contribution in [0.3, 0.4) is 0 Å². The fourth-order valence-electron chi connectivity index (χ4n) is 5.23. The monoisotopic (exact) mass is 563 g/mol. The van der Waals surface area contributed by atoms with Gasteiger partial charge in [0, 0.05) is 11.6 Å². The Morgan fingerprint density at radius 2 is 1.70 bits per heavy atom. The Labute approximate surface area is 241 Å². The lowest BCUT2D eigenvalue weighted by molar-refractivity contribution is -0.124. The molecular weight excluding hydrogens is 526 g/mol. The zero-order chi connectivity index (χ0) is 27.4. The van der Waals surface area contributed by atoms with Crippen LogP contribution in [0.25, 0.3) is 22.4 Å². The molecule has 0 aliphatic heterocycles. The van der Waals surface area contributed by atoms with Gasteiger partial charge in [0.05, 0.1) is 23.7 Å². The van der Waals surface area contributed by atoms with Crippen LogP contribution in [0.2, 0.25) is 0 Å². The quantitative estimate of drug-likeness (QED) is 0.245. The van der Waals surface area contributed by atoms with Gasteiger partial charge in [0.15, 0.2) is 11.5 Å². The number of nitrogen functional groups attached to an aromatic ring is 1. The second-order valence-electron chi connectivity index (χ2n) is 10.7. The molecule has 1 atom stereocenters. The van der Waals surface area contributed by atoms with Gasteiger partial charge in [0.1, 0.15) is 17.3 Å². The lowest BCUT2D eigenvalue weighted by Crippen LogP contribution is -2.48. The highest BCUT2D eigenvalue weighted by Crippen LogP contribution is 2.33. The Morgan fingerprint density at radius 1 is 1.02 bits per heavy atom. The number of nitrogens with two attached hydrogens (primary N) is 1. The Kier molecular flexibility index (Phi) is 9.60. The number of fused-ring (bicyclic) bond motifs is 1. The Morgan fingerprint density at radius 3 is 2.35 bits per heavy atom. The third-order valence-corrected chi connectivity index (χ3v) is 7.34. The van der Waals surface area contributed by atoms with Crippen molar-refractivity contribution >= 4 is 35.2 Å². The summed E-state index contributed by atoms with van der Waals surface area (Å²) in [4.78, 5) is 22.2. The van der Waals surface area contributed by atoms with Crippen molar-refractivity contribution in [1.82, 2.24) is 30.4 Å². The average Bonchev–Trinajstić information content (AvgIpc) is 3.38. The standard InChI is InChI=1S/C30H37N7O2.ClH/c1-19(2)17-26(32-3)30(38)34-21-11-13-22(14-12-21)37-29-25(18-33-37)27(31)35-28(36-29)20-9-15-24(16-10-20)39-23-7-5-4-6-8-23;/h4-10,15-16,18-19,21-22,26,32H,11-14,17H2,1-3H3,(H,34,38)(H2,31,35,36);1H/t21?,22?,26-;/m1./s1. The van der Waals surface area contributed by atoms with E-state index < -0.39 is 0 Å². The molecule has 10 heteroatoms. The van der Waals surface area contributed by atoms with Gasteiger partial charge in [-0.05, 0) is 81.5 Å². The Hall–Kier alpha value is -3.69. The molecule has 212 valence electrons. The van der Waals surface area contributed by atoms with E-state index in [1.54, 1.807) is 6.20 Å². The zero-order valence-corrected chi connectivity index (χ0v) is 24.0. The van der Waals surface area contributed by atoms with Crippen LogP contribution in [0, 0.1) is 5.92 Å². The van der Waals surface area contributed by atoms with Crippen molar-refractivity contribution in [2.75, 3.05) is 12.8 Å². The van der Waals surface area contributed by atoms with Gasteiger partial charge in [0.2, 0.25) is 5.91 Å². The summed E-state index contributed by atoms with van der Waals surface area (Å²) in [5, 5.41) is 11.8. The lowest BCUT2D eigenvalue weighted by atomic mass is 9.90. The number of nitrogens with one attached hydrogen (secondary N) is 2. The van der Waals surface area contributed by atoms with Gasteiger partial charge >= 0.3 is 0 Å². The fourth-order valence-corrected chi connectivity index (χ4v) is 5.23. The van der Waals surface area contributed by atoms with E-state index in [2.05, 4.69) is 34.6 Å². The Balaban J connectivity index is 0.00000370. The number of likely N-dealkylation sites (N-methyl/N-ethyl adjacent to an activating group) is 1. The SMILES string of the molecule is CN[C@H](CC(C)C)C(=O)NC1CCC(n2ncc3c(N)nc(-c4ccc(Oc5ccccc5)cc4)nc32)CC1.Cl. The molecule has 1 fully saturated rings. The van der Waals surface area contributed by atoms with E-state index in [1.807, 2.05) is 66.3 Å². The lowest BCUT2D eigenvalue weighted by Gasteiger charge is -2.30. The summed E-state index contributed by atoms with van der Waals surface area (Å²) in [6.45, 7) is 4.27. The second kappa shape index (κ2) is 13.1. The van der Waals surface area contributed by atoms with Crippen LogP contribution in [0.15, 0.2) is 60.8 Å². The highest BCUT2D eigenvalue weighted by Gasteiger charge is 2.28. The zero-order valence-electron chi connectivity index (χ0n) is 23.2. The maximum Gasteiger partial charge on any atom is 0.237 e. The molecular formula is C30H38ClN7O2. The molecule has 0 saturated heterocycles. The summed E-state index contributed by atoms with van der Waals surface area (Å²) < 4.78 is 7.89. The molecule has 0 unspecified atom stereocenters. The molecule has 5 rings (SSSR count). The van der Waals surface area contributed by atoms with Gasteiger partial charge in [-0.1, -0.05) is 32.0 Å². The van der Waals surface area contributed by atoms with Crippen LogP contribution in [0.5, 0.6) is 11.5 Å². The number of para-hydroxylation sites is 1.